The van der Waals surface area contributed by atoms with Gasteiger partial charge in [0, 0.05) is 29.5 Å². The molecule has 0 aliphatic carbocycles. The van der Waals surface area contributed by atoms with Gasteiger partial charge in [0.2, 0.25) is 21.8 Å². The quantitative estimate of drug-likeness (QED) is 0.345. The van der Waals surface area contributed by atoms with Crippen molar-refractivity contribution in [3.63, 3.8) is 0 Å². The molecule has 1 N–H and O–H groups in total. The number of ether oxygens (including phenoxy) is 1. The largest absolute Gasteiger partial charge is 0.495 e. The third-order valence-electron chi connectivity index (χ3n) is 5.87. The number of nitrogens with one attached hydrogen (secondary N) is 1. The number of methoxy groups -OCH3 is 1. The average Bonchev–Trinajstić information content (AvgIpc) is 2.89. The van der Waals surface area contributed by atoms with Crippen LogP contribution in [0.4, 0.5) is 5.69 Å². The minimum absolute atomic E-state index is 0.0846. The summed E-state index contributed by atoms with van der Waals surface area (Å²) in [5.41, 5.74) is 1.75. The van der Waals surface area contributed by atoms with Gasteiger partial charge in [-0.25, -0.2) is 8.42 Å². The van der Waals surface area contributed by atoms with Crippen LogP contribution >= 0.6 is 27.5 Å². The molecule has 2 amide bonds. The van der Waals surface area contributed by atoms with Crippen LogP contribution in [0, 0.1) is 0 Å². The molecule has 38 heavy (non-hydrogen) atoms. The zero-order valence-electron chi connectivity index (χ0n) is 21.2. The van der Waals surface area contributed by atoms with Crippen molar-refractivity contribution in [2.45, 2.75) is 19.0 Å². The predicted molar refractivity (Wildman–Crippen MR) is 153 cm³/mol. The lowest BCUT2D eigenvalue weighted by atomic mass is 10.0. The number of amides is 2. The Hall–Kier alpha value is -3.08. The van der Waals surface area contributed by atoms with Crippen LogP contribution in [0.15, 0.2) is 77.3 Å². The lowest BCUT2D eigenvalue weighted by molar-refractivity contribution is -0.139. The van der Waals surface area contributed by atoms with Gasteiger partial charge in [0.25, 0.3) is 0 Å². The van der Waals surface area contributed by atoms with Gasteiger partial charge in [-0.3, -0.25) is 13.9 Å². The summed E-state index contributed by atoms with van der Waals surface area (Å²) in [6.45, 7) is -0.477. The fourth-order valence-electron chi connectivity index (χ4n) is 3.96. The van der Waals surface area contributed by atoms with Gasteiger partial charge in [-0.15, -0.1) is 0 Å². The predicted octanol–water partition coefficient (Wildman–Crippen LogP) is 4.26. The molecular formula is C27H29BrClN3O5S. The van der Waals surface area contributed by atoms with Gasteiger partial charge in [0.1, 0.15) is 18.3 Å². The number of sulfonamides is 1. The molecule has 0 bridgehead atoms. The van der Waals surface area contributed by atoms with E-state index >= 15 is 0 Å². The second-order valence-corrected chi connectivity index (χ2v) is 11.8. The zero-order chi connectivity index (χ0) is 27.9. The second kappa shape index (κ2) is 13.1. The van der Waals surface area contributed by atoms with Gasteiger partial charge in [-0.05, 0) is 41.5 Å². The molecule has 0 saturated heterocycles. The van der Waals surface area contributed by atoms with E-state index in [1.807, 2.05) is 54.6 Å². The van der Waals surface area contributed by atoms with E-state index in [4.69, 9.17) is 16.3 Å². The number of carbonyl (C=O) groups is 2. The fourth-order valence-corrected chi connectivity index (χ4v) is 5.24. The Bertz CT molecular complexity index is 1370. The summed E-state index contributed by atoms with van der Waals surface area (Å²) in [5, 5.41) is 2.93. The molecule has 3 aromatic rings. The first-order chi connectivity index (χ1) is 18.0. The maximum atomic E-state index is 13.9. The maximum Gasteiger partial charge on any atom is 0.244 e. The van der Waals surface area contributed by atoms with Crippen molar-refractivity contribution in [3.8, 4) is 5.75 Å². The highest BCUT2D eigenvalue weighted by Gasteiger charge is 2.33. The third-order valence-corrected chi connectivity index (χ3v) is 7.76. The molecule has 11 heteroatoms. The van der Waals surface area contributed by atoms with Crippen molar-refractivity contribution in [1.29, 1.82) is 0 Å². The first-order valence-corrected chi connectivity index (χ1v) is 14.7. The minimum atomic E-state index is -3.94. The fraction of sp³-hybridized carbons (Fsp3) is 0.259. The minimum Gasteiger partial charge on any atom is -0.495 e. The van der Waals surface area contributed by atoms with Crippen LogP contribution in [0.2, 0.25) is 5.02 Å². The van der Waals surface area contributed by atoms with Crippen LogP contribution in [0.1, 0.15) is 11.1 Å². The van der Waals surface area contributed by atoms with Gasteiger partial charge in [0.15, 0.2) is 0 Å². The van der Waals surface area contributed by atoms with E-state index in [0.717, 1.165) is 26.2 Å². The molecule has 0 spiro atoms. The molecule has 202 valence electrons. The zero-order valence-corrected chi connectivity index (χ0v) is 24.4. The van der Waals surface area contributed by atoms with Crippen LogP contribution in [-0.4, -0.2) is 58.1 Å². The Kier molecular flexibility index (Phi) is 10.2. The molecule has 0 fully saturated rings. The highest BCUT2D eigenvalue weighted by atomic mass is 79.9. The highest BCUT2D eigenvalue weighted by Crippen LogP contribution is 2.33. The molecule has 0 unspecified atom stereocenters. The van der Waals surface area contributed by atoms with Crippen LogP contribution in [0.25, 0.3) is 0 Å². The topological polar surface area (TPSA) is 96.0 Å². The molecular weight excluding hydrogens is 594 g/mol. The van der Waals surface area contributed by atoms with Gasteiger partial charge >= 0.3 is 0 Å². The van der Waals surface area contributed by atoms with Crippen LogP contribution in [0.5, 0.6) is 5.75 Å². The Morgan fingerprint density at radius 2 is 1.68 bits per heavy atom. The van der Waals surface area contributed by atoms with Crippen molar-refractivity contribution in [1.82, 2.24) is 10.2 Å². The van der Waals surface area contributed by atoms with Crippen LogP contribution in [0.3, 0.4) is 0 Å². The average molecular weight is 623 g/mol. The molecule has 0 aromatic heterocycles. The number of likely N-dealkylation sites (N-methyl/N-ethyl adjacent to an activating group) is 1. The first-order valence-electron chi connectivity index (χ1n) is 11.6. The summed E-state index contributed by atoms with van der Waals surface area (Å²) in [5.74, 6) is -0.699. The van der Waals surface area contributed by atoms with E-state index in [2.05, 4.69) is 21.2 Å². The van der Waals surface area contributed by atoms with Gasteiger partial charge in [0.05, 0.1) is 19.1 Å². The van der Waals surface area contributed by atoms with Crippen molar-refractivity contribution in [3.05, 3.63) is 93.4 Å². The third kappa shape index (κ3) is 7.72. The summed E-state index contributed by atoms with van der Waals surface area (Å²) in [6, 6.07) is 20.3. The van der Waals surface area contributed by atoms with E-state index < -0.39 is 28.5 Å². The number of halogens is 2. The van der Waals surface area contributed by atoms with E-state index in [1.54, 1.807) is 6.07 Å². The lowest BCUT2D eigenvalue weighted by Gasteiger charge is -2.33. The summed E-state index contributed by atoms with van der Waals surface area (Å²) in [4.78, 5) is 28.5. The number of anilines is 1. The normalized spacial score (nSPS) is 11.9. The number of benzene rings is 3. The van der Waals surface area contributed by atoms with Crippen molar-refractivity contribution < 1.29 is 22.7 Å². The molecule has 0 radical (unpaired) electrons. The van der Waals surface area contributed by atoms with Crippen molar-refractivity contribution >= 4 is 55.1 Å². The summed E-state index contributed by atoms with van der Waals surface area (Å²) in [7, 11) is -1.04. The SMILES string of the molecule is CNC(=O)[C@@H](Cc1ccccc1)N(Cc1ccc(Br)cc1)C(=O)CN(c1cc(Cl)ccc1OC)S(C)(=O)=O. The van der Waals surface area contributed by atoms with Crippen LogP contribution < -0.4 is 14.4 Å². The molecule has 3 aromatic carbocycles. The monoisotopic (exact) mass is 621 g/mol. The van der Waals surface area contributed by atoms with Crippen molar-refractivity contribution in [2.24, 2.45) is 0 Å². The number of rotatable bonds is 11. The number of hydrogen-bond donors (Lipinski definition) is 1. The summed E-state index contributed by atoms with van der Waals surface area (Å²) < 4.78 is 32.9. The Morgan fingerprint density at radius 1 is 1.03 bits per heavy atom. The molecule has 8 nitrogen and oxygen atoms in total. The molecule has 0 heterocycles. The standard InChI is InChI=1S/C27H29BrClN3O5S/c1-30-27(34)24(15-19-7-5-4-6-8-19)31(17-20-9-11-21(28)12-10-20)26(33)18-32(38(3,35)36)23-16-22(29)13-14-25(23)37-2/h4-14,16,24H,15,17-18H2,1-3H3,(H,30,34)/t24-/m1/s1. The molecule has 0 aliphatic heterocycles. The Morgan fingerprint density at radius 3 is 2.26 bits per heavy atom. The molecule has 1 atom stereocenters. The van der Waals surface area contributed by atoms with Gasteiger partial charge in [-0.2, -0.15) is 0 Å². The summed E-state index contributed by atoms with van der Waals surface area (Å²) >= 11 is 9.57. The van der Waals surface area contributed by atoms with Gasteiger partial charge < -0.3 is 15.0 Å². The Labute approximate surface area is 236 Å². The molecule has 0 saturated carbocycles. The van der Waals surface area contributed by atoms with E-state index in [-0.39, 0.29) is 35.3 Å². The van der Waals surface area contributed by atoms with Gasteiger partial charge in [-0.1, -0.05) is 70.0 Å². The molecule has 0 aliphatic rings. The smallest absolute Gasteiger partial charge is 0.244 e. The number of hydrogen-bond acceptors (Lipinski definition) is 5. The summed E-state index contributed by atoms with van der Waals surface area (Å²) in [6.07, 6.45) is 1.24. The highest BCUT2D eigenvalue weighted by molar-refractivity contribution is 9.10. The number of carbonyl (C=O) groups excluding carboxylic acids is 2. The van der Waals surface area contributed by atoms with E-state index in [1.165, 1.54) is 31.2 Å². The maximum absolute atomic E-state index is 13.9. The lowest BCUT2D eigenvalue weighted by Crippen LogP contribution is -2.52. The van der Waals surface area contributed by atoms with E-state index in [9.17, 15) is 18.0 Å². The van der Waals surface area contributed by atoms with Crippen molar-refractivity contribution in [2.75, 3.05) is 31.3 Å². The Balaban J connectivity index is 2.06. The first kappa shape index (κ1) is 29.5. The van der Waals surface area contributed by atoms with Crippen LogP contribution in [-0.2, 0) is 32.6 Å². The second-order valence-electron chi connectivity index (χ2n) is 8.55. The number of nitrogens with zero attached hydrogens (tertiary/aromatic N) is 2. The molecule has 3 rings (SSSR count). The van der Waals surface area contributed by atoms with E-state index in [0.29, 0.717) is 0 Å².